The molecule has 4 rings (SSSR count). The largest absolute Gasteiger partial charge is 0.465 e. The molecule has 0 aliphatic heterocycles. The Labute approximate surface area is 208 Å². The summed E-state index contributed by atoms with van der Waals surface area (Å²) in [6.07, 6.45) is 12.7. The van der Waals surface area contributed by atoms with E-state index in [-0.39, 0.29) is 18.0 Å². The van der Waals surface area contributed by atoms with Crippen molar-refractivity contribution in [3.05, 3.63) is 48.0 Å². The van der Waals surface area contributed by atoms with E-state index in [1.54, 1.807) is 6.33 Å². The number of hydrogen-bond donors (Lipinski definition) is 2. The molecule has 1 aromatic carbocycles. The van der Waals surface area contributed by atoms with Crippen LogP contribution in [0.25, 0.3) is 0 Å². The van der Waals surface area contributed by atoms with E-state index in [0.717, 1.165) is 56.9 Å². The zero-order valence-corrected chi connectivity index (χ0v) is 20.6. The van der Waals surface area contributed by atoms with Gasteiger partial charge in [-0.25, -0.2) is 14.5 Å². The highest BCUT2D eigenvalue weighted by molar-refractivity contribution is 5.76. The van der Waals surface area contributed by atoms with Crippen LogP contribution in [0.4, 0.5) is 4.79 Å². The maximum atomic E-state index is 13.5. The lowest BCUT2D eigenvalue weighted by atomic mass is 9.82. The first kappa shape index (κ1) is 25.2. The molecule has 8 heteroatoms. The molecule has 35 heavy (non-hydrogen) atoms. The summed E-state index contributed by atoms with van der Waals surface area (Å²) in [5, 5.41) is 16.7. The minimum atomic E-state index is -0.995. The van der Waals surface area contributed by atoms with Crippen molar-refractivity contribution in [1.82, 2.24) is 25.0 Å². The van der Waals surface area contributed by atoms with Crippen LogP contribution in [0.2, 0.25) is 0 Å². The molecule has 2 amide bonds. The molecule has 1 atom stereocenters. The molecule has 1 heterocycles. The van der Waals surface area contributed by atoms with Gasteiger partial charge in [0.15, 0.2) is 5.82 Å². The van der Waals surface area contributed by atoms with Crippen molar-refractivity contribution in [1.29, 1.82) is 0 Å². The highest BCUT2D eigenvalue weighted by Crippen LogP contribution is 2.29. The Morgan fingerprint density at radius 1 is 1.03 bits per heavy atom. The number of nitrogens with one attached hydrogen (secondary N) is 1. The van der Waals surface area contributed by atoms with Gasteiger partial charge in [-0.3, -0.25) is 4.79 Å². The molecular formula is C27H39N5O3. The second-order valence-electron chi connectivity index (χ2n) is 10.2. The van der Waals surface area contributed by atoms with Crippen LogP contribution in [0.5, 0.6) is 0 Å². The summed E-state index contributed by atoms with van der Waals surface area (Å²) in [6.45, 7) is 1.06. The van der Waals surface area contributed by atoms with E-state index in [1.165, 1.54) is 12.8 Å². The molecule has 1 aromatic heterocycles. The average molecular weight is 482 g/mol. The number of aromatic nitrogens is 3. The summed E-state index contributed by atoms with van der Waals surface area (Å²) in [5.74, 6) is 1.07. The van der Waals surface area contributed by atoms with Crippen molar-refractivity contribution in [2.45, 2.75) is 102 Å². The van der Waals surface area contributed by atoms with Crippen LogP contribution in [0, 0.1) is 5.92 Å². The van der Waals surface area contributed by atoms with E-state index in [2.05, 4.69) is 27.5 Å². The number of carboxylic acid groups (broad SMARTS) is 1. The molecule has 0 bridgehead atoms. The first-order valence-electron chi connectivity index (χ1n) is 13.3. The van der Waals surface area contributed by atoms with Gasteiger partial charge in [0, 0.05) is 18.5 Å². The molecule has 2 aliphatic carbocycles. The zero-order chi connectivity index (χ0) is 24.5. The SMILES string of the molecule is O=C(O)N[C@@H](CCC(=O)N(Cc1ncn(Cc2ccccc2)n1)C1CCCCC1)C1CCCCC1. The summed E-state index contributed by atoms with van der Waals surface area (Å²) >= 11 is 0. The number of benzene rings is 1. The van der Waals surface area contributed by atoms with Crippen LogP contribution in [0.1, 0.15) is 88.4 Å². The van der Waals surface area contributed by atoms with Gasteiger partial charge in [0.2, 0.25) is 5.91 Å². The Morgan fingerprint density at radius 3 is 2.40 bits per heavy atom. The van der Waals surface area contributed by atoms with E-state index < -0.39 is 6.09 Å². The Morgan fingerprint density at radius 2 is 1.71 bits per heavy atom. The van der Waals surface area contributed by atoms with Gasteiger partial charge in [-0.05, 0) is 43.6 Å². The third-order valence-electron chi connectivity index (χ3n) is 7.62. The van der Waals surface area contributed by atoms with Crippen LogP contribution in [0.3, 0.4) is 0 Å². The summed E-state index contributed by atoms with van der Waals surface area (Å²) in [5.41, 5.74) is 1.16. The quantitative estimate of drug-likeness (QED) is 0.498. The minimum Gasteiger partial charge on any atom is -0.465 e. The fourth-order valence-corrected chi connectivity index (χ4v) is 5.76. The summed E-state index contributed by atoms with van der Waals surface area (Å²) in [6, 6.07) is 10.2. The number of hydrogen-bond acceptors (Lipinski definition) is 4. The van der Waals surface area contributed by atoms with Crippen molar-refractivity contribution >= 4 is 12.0 Å². The first-order valence-corrected chi connectivity index (χ1v) is 13.3. The fraction of sp³-hybridized carbons (Fsp3) is 0.630. The van der Waals surface area contributed by atoms with Gasteiger partial charge in [0.05, 0.1) is 13.1 Å². The van der Waals surface area contributed by atoms with Gasteiger partial charge in [-0.2, -0.15) is 5.10 Å². The average Bonchev–Trinajstić information content (AvgIpc) is 3.33. The Hall–Kier alpha value is -2.90. The normalized spacial score (nSPS) is 18.2. The topological polar surface area (TPSA) is 100 Å². The standard InChI is InChI=1S/C27H39N5O3/c33-26(17-16-24(29-27(34)35)22-12-6-2-7-13-22)32(23-14-8-3-9-15-23)19-25-28-20-31(30-25)18-21-10-4-1-5-11-21/h1,4-5,10-11,20,22-24,29H,2-3,6-9,12-19H2,(H,34,35)/t24-/m0/s1. The van der Waals surface area contributed by atoms with Gasteiger partial charge in [0.1, 0.15) is 6.33 Å². The number of carbonyl (C=O) groups excluding carboxylic acids is 1. The van der Waals surface area contributed by atoms with Crippen LogP contribution in [-0.2, 0) is 17.9 Å². The second-order valence-corrected chi connectivity index (χ2v) is 10.2. The fourth-order valence-electron chi connectivity index (χ4n) is 5.76. The second kappa shape index (κ2) is 12.7. The van der Waals surface area contributed by atoms with Gasteiger partial charge in [-0.15, -0.1) is 0 Å². The van der Waals surface area contributed by atoms with Gasteiger partial charge in [-0.1, -0.05) is 68.9 Å². The summed E-state index contributed by atoms with van der Waals surface area (Å²) in [4.78, 5) is 31.4. The predicted molar refractivity (Wildman–Crippen MR) is 134 cm³/mol. The van der Waals surface area contributed by atoms with Crippen molar-refractivity contribution < 1.29 is 14.7 Å². The molecule has 0 spiro atoms. The van der Waals surface area contributed by atoms with Crippen molar-refractivity contribution in [2.75, 3.05) is 0 Å². The third-order valence-corrected chi connectivity index (χ3v) is 7.62. The van der Waals surface area contributed by atoms with Crippen molar-refractivity contribution in [2.24, 2.45) is 5.92 Å². The number of rotatable bonds is 10. The summed E-state index contributed by atoms with van der Waals surface area (Å²) < 4.78 is 1.82. The summed E-state index contributed by atoms with van der Waals surface area (Å²) in [7, 11) is 0. The van der Waals surface area contributed by atoms with Crippen LogP contribution in [-0.4, -0.2) is 48.9 Å². The van der Waals surface area contributed by atoms with Crippen molar-refractivity contribution in [3.63, 3.8) is 0 Å². The Kier molecular flexibility index (Phi) is 9.15. The zero-order valence-electron chi connectivity index (χ0n) is 20.6. The smallest absolute Gasteiger partial charge is 0.404 e. The van der Waals surface area contributed by atoms with Gasteiger partial charge >= 0.3 is 6.09 Å². The molecule has 190 valence electrons. The number of amides is 2. The molecule has 2 saturated carbocycles. The highest BCUT2D eigenvalue weighted by Gasteiger charge is 2.30. The lowest BCUT2D eigenvalue weighted by Crippen LogP contribution is -2.44. The maximum Gasteiger partial charge on any atom is 0.404 e. The molecule has 0 unspecified atom stereocenters. The number of carbonyl (C=O) groups is 2. The van der Waals surface area contributed by atoms with Crippen LogP contribution < -0.4 is 5.32 Å². The monoisotopic (exact) mass is 481 g/mol. The predicted octanol–water partition coefficient (Wildman–Crippen LogP) is 4.98. The molecule has 0 saturated heterocycles. The molecule has 8 nitrogen and oxygen atoms in total. The van der Waals surface area contributed by atoms with Gasteiger partial charge < -0.3 is 15.3 Å². The molecule has 2 aliphatic rings. The Bertz CT molecular complexity index is 935. The number of nitrogens with zero attached hydrogens (tertiary/aromatic N) is 4. The van der Waals surface area contributed by atoms with E-state index in [1.807, 2.05) is 27.8 Å². The molecular weight excluding hydrogens is 442 g/mol. The lowest BCUT2D eigenvalue weighted by molar-refractivity contribution is -0.135. The lowest BCUT2D eigenvalue weighted by Gasteiger charge is -2.35. The third kappa shape index (κ3) is 7.54. The maximum absolute atomic E-state index is 13.5. The molecule has 2 fully saturated rings. The minimum absolute atomic E-state index is 0.0873. The highest BCUT2D eigenvalue weighted by atomic mass is 16.4. The molecule has 0 radical (unpaired) electrons. The van der Waals surface area contributed by atoms with E-state index >= 15 is 0 Å². The van der Waals surface area contributed by atoms with E-state index in [9.17, 15) is 14.7 Å². The van der Waals surface area contributed by atoms with Gasteiger partial charge in [0.25, 0.3) is 0 Å². The van der Waals surface area contributed by atoms with E-state index in [4.69, 9.17) is 0 Å². The molecule has 2 N–H and O–H groups in total. The van der Waals surface area contributed by atoms with Crippen LogP contribution >= 0.6 is 0 Å². The molecule has 2 aromatic rings. The van der Waals surface area contributed by atoms with Crippen molar-refractivity contribution in [3.8, 4) is 0 Å². The van der Waals surface area contributed by atoms with E-state index in [0.29, 0.717) is 37.7 Å². The van der Waals surface area contributed by atoms with Crippen LogP contribution in [0.15, 0.2) is 36.7 Å². The first-order chi connectivity index (χ1) is 17.1. The Balaban J connectivity index is 1.41.